The van der Waals surface area contributed by atoms with Crippen LogP contribution in [0.25, 0.3) is 21.5 Å². The van der Waals surface area contributed by atoms with Crippen LogP contribution in [0.1, 0.15) is 0 Å². The van der Waals surface area contributed by atoms with Crippen LogP contribution in [0, 0.1) is 0 Å². The van der Waals surface area contributed by atoms with Crippen LogP contribution < -0.4 is 21.2 Å². The third kappa shape index (κ3) is 3.35. The van der Waals surface area contributed by atoms with E-state index in [2.05, 4.69) is 146 Å². The summed E-state index contributed by atoms with van der Waals surface area (Å²) in [7, 11) is -2.48. The second kappa shape index (κ2) is 8.32. The molecule has 0 atom stereocenters. The fraction of sp³-hybridized carbons (Fsp3) is 0. The molecule has 6 aromatic rings. The molecule has 0 heterocycles. The Labute approximate surface area is 195 Å². The van der Waals surface area contributed by atoms with E-state index in [1.807, 2.05) is 0 Å². The van der Waals surface area contributed by atoms with Crippen molar-refractivity contribution in [2.24, 2.45) is 0 Å². The Bertz CT molecular complexity index is 1440. The molecule has 0 unspecified atom stereocenters. The Hall–Kier alpha value is -3.73. The molecular formula is C32H25P. The molecule has 0 saturated carbocycles. The predicted octanol–water partition coefficient (Wildman–Crippen LogP) is 6.34. The summed E-state index contributed by atoms with van der Waals surface area (Å²) in [5.41, 5.74) is 0. The van der Waals surface area contributed by atoms with Crippen LogP contribution in [0.4, 0.5) is 0 Å². The Kier molecular flexibility index (Phi) is 5.02. The molecule has 0 amide bonds. The van der Waals surface area contributed by atoms with Gasteiger partial charge in [-0.25, -0.2) is 0 Å². The monoisotopic (exact) mass is 440 g/mol. The first kappa shape index (κ1) is 19.9. The van der Waals surface area contributed by atoms with Crippen molar-refractivity contribution in [2.75, 3.05) is 0 Å². The third-order valence-electron chi connectivity index (χ3n) is 6.76. The Morgan fingerprint density at radius 3 is 1.15 bits per heavy atom. The number of fused-ring (bicyclic) bond motifs is 2. The molecule has 0 aliphatic rings. The molecular weight excluding hydrogens is 415 g/mol. The van der Waals surface area contributed by atoms with E-state index in [4.69, 9.17) is 0 Å². The first-order valence-corrected chi connectivity index (χ1v) is 13.5. The minimum atomic E-state index is -2.48. The van der Waals surface area contributed by atoms with Gasteiger partial charge < -0.3 is 0 Å². The first-order valence-electron chi connectivity index (χ1n) is 11.5. The molecule has 0 nitrogen and oxygen atoms in total. The van der Waals surface area contributed by atoms with Gasteiger partial charge in [-0.05, 0) is 0 Å². The normalized spacial score (nSPS) is 12.1. The van der Waals surface area contributed by atoms with Crippen molar-refractivity contribution in [3.8, 4) is 0 Å². The van der Waals surface area contributed by atoms with Gasteiger partial charge in [0.2, 0.25) is 0 Å². The topological polar surface area (TPSA) is 0 Å². The summed E-state index contributed by atoms with van der Waals surface area (Å²) >= 11 is 0. The maximum atomic E-state index is 2.45. The third-order valence-corrected chi connectivity index (χ3v) is 11.5. The zero-order valence-electron chi connectivity index (χ0n) is 18.4. The quantitative estimate of drug-likeness (QED) is 0.222. The van der Waals surface area contributed by atoms with Gasteiger partial charge in [-0.3, -0.25) is 0 Å². The van der Waals surface area contributed by atoms with Gasteiger partial charge in [-0.2, -0.15) is 0 Å². The minimum absolute atomic E-state index is 1.29. The average Bonchev–Trinajstić information content (AvgIpc) is 2.90. The van der Waals surface area contributed by atoms with E-state index in [-0.39, 0.29) is 0 Å². The molecule has 0 aliphatic carbocycles. The molecule has 0 bridgehead atoms. The Morgan fingerprint density at radius 1 is 0.273 bits per heavy atom. The SMILES string of the molecule is c1ccc([PH](c2ccccc2)(c2ccccc2)c2ccc3cc4ccccc4cc3c2)cc1. The summed E-state index contributed by atoms with van der Waals surface area (Å²) in [6, 6.07) is 53.7. The molecule has 0 aliphatic heterocycles. The summed E-state index contributed by atoms with van der Waals surface area (Å²) in [6.07, 6.45) is 0. The molecule has 0 fully saturated rings. The molecule has 158 valence electrons. The average molecular weight is 441 g/mol. The predicted molar refractivity (Wildman–Crippen MR) is 148 cm³/mol. The van der Waals surface area contributed by atoms with Crippen LogP contribution in [0.5, 0.6) is 0 Å². The van der Waals surface area contributed by atoms with Gasteiger partial charge in [-0.15, -0.1) is 0 Å². The van der Waals surface area contributed by atoms with Crippen molar-refractivity contribution >= 4 is 50.0 Å². The molecule has 6 rings (SSSR count). The molecule has 0 spiro atoms. The Morgan fingerprint density at radius 2 is 0.667 bits per heavy atom. The maximum absolute atomic E-state index is 2.48. The molecule has 33 heavy (non-hydrogen) atoms. The summed E-state index contributed by atoms with van der Waals surface area (Å²) in [5, 5.41) is 10.8. The van der Waals surface area contributed by atoms with E-state index in [0.29, 0.717) is 0 Å². The number of hydrogen-bond acceptors (Lipinski definition) is 0. The van der Waals surface area contributed by atoms with E-state index in [9.17, 15) is 0 Å². The van der Waals surface area contributed by atoms with E-state index in [1.165, 1.54) is 42.8 Å². The van der Waals surface area contributed by atoms with Gasteiger partial charge in [0, 0.05) is 0 Å². The van der Waals surface area contributed by atoms with Gasteiger partial charge >= 0.3 is 196 Å². The van der Waals surface area contributed by atoms with E-state index >= 15 is 0 Å². The molecule has 0 aromatic heterocycles. The Balaban J connectivity index is 1.72. The fourth-order valence-corrected chi connectivity index (χ4v) is 10.0. The number of benzene rings is 6. The number of rotatable bonds is 4. The van der Waals surface area contributed by atoms with Gasteiger partial charge in [0.1, 0.15) is 0 Å². The fourth-order valence-electron chi connectivity index (χ4n) is 5.24. The first-order chi connectivity index (χ1) is 16.4. The van der Waals surface area contributed by atoms with Crippen LogP contribution in [0.2, 0.25) is 0 Å². The van der Waals surface area contributed by atoms with Crippen LogP contribution in [-0.4, -0.2) is 0 Å². The van der Waals surface area contributed by atoms with Crippen LogP contribution >= 0.6 is 7.26 Å². The molecule has 0 radical (unpaired) electrons. The molecule has 1 heteroatoms. The van der Waals surface area contributed by atoms with Crippen LogP contribution in [0.15, 0.2) is 146 Å². The van der Waals surface area contributed by atoms with Gasteiger partial charge in [-0.1, -0.05) is 0 Å². The molecule has 0 N–H and O–H groups in total. The van der Waals surface area contributed by atoms with Crippen molar-refractivity contribution in [1.82, 2.24) is 0 Å². The van der Waals surface area contributed by atoms with Crippen molar-refractivity contribution < 1.29 is 0 Å². The van der Waals surface area contributed by atoms with Crippen molar-refractivity contribution in [3.05, 3.63) is 146 Å². The van der Waals surface area contributed by atoms with E-state index < -0.39 is 7.26 Å². The van der Waals surface area contributed by atoms with Crippen molar-refractivity contribution in [1.29, 1.82) is 0 Å². The standard InChI is InChI=1S/C32H25P/c1-4-14-29(15-5-1)33(30-16-6-2-7-17-30,31-18-8-3-9-19-31)32-21-20-27-22-25-12-10-11-13-26(25)23-28(27)24-32/h1-24,33H. The zero-order valence-corrected chi connectivity index (χ0v) is 19.4. The summed E-state index contributed by atoms with van der Waals surface area (Å²) in [5.74, 6) is 0. The molecule has 0 saturated heterocycles. The second-order valence-corrected chi connectivity index (χ2v) is 12.4. The van der Waals surface area contributed by atoms with E-state index in [0.717, 1.165) is 0 Å². The molecule has 6 aromatic carbocycles. The summed E-state index contributed by atoms with van der Waals surface area (Å²) in [6.45, 7) is 0. The van der Waals surface area contributed by atoms with Gasteiger partial charge in [0.05, 0.1) is 0 Å². The zero-order chi connectivity index (χ0) is 22.1. The summed E-state index contributed by atoms with van der Waals surface area (Å²) in [4.78, 5) is 0. The van der Waals surface area contributed by atoms with E-state index in [1.54, 1.807) is 0 Å². The van der Waals surface area contributed by atoms with Crippen molar-refractivity contribution in [3.63, 3.8) is 0 Å². The van der Waals surface area contributed by atoms with Gasteiger partial charge in [0.25, 0.3) is 0 Å². The summed E-state index contributed by atoms with van der Waals surface area (Å²) < 4.78 is 0. The van der Waals surface area contributed by atoms with Crippen LogP contribution in [-0.2, 0) is 0 Å². The van der Waals surface area contributed by atoms with Crippen molar-refractivity contribution in [2.45, 2.75) is 0 Å². The van der Waals surface area contributed by atoms with Crippen LogP contribution in [0.3, 0.4) is 0 Å². The number of hydrogen-bond donors (Lipinski definition) is 0. The van der Waals surface area contributed by atoms with Gasteiger partial charge in [0.15, 0.2) is 0 Å². The second-order valence-electron chi connectivity index (χ2n) is 8.61.